The summed E-state index contributed by atoms with van der Waals surface area (Å²) >= 11 is 1.19. The summed E-state index contributed by atoms with van der Waals surface area (Å²) in [6.45, 7) is 0. The van der Waals surface area contributed by atoms with Crippen LogP contribution in [0.5, 0.6) is 0 Å². The molecule has 114 valence electrons. The summed E-state index contributed by atoms with van der Waals surface area (Å²) in [7, 11) is 0. The molecule has 0 radical (unpaired) electrons. The number of thioether (sulfide) groups is 1. The van der Waals surface area contributed by atoms with E-state index in [0.29, 0.717) is 12.2 Å². The van der Waals surface area contributed by atoms with E-state index in [1.54, 1.807) is 0 Å². The quantitative estimate of drug-likeness (QED) is 0.790. The number of aryl methyl sites for hydroxylation is 1. The summed E-state index contributed by atoms with van der Waals surface area (Å²) in [6, 6.07) is 19.3. The van der Waals surface area contributed by atoms with Crippen molar-refractivity contribution in [2.75, 3.05) is 0 Å². The first-order valence-electron chi connectivity index (χ1n) is 7.24. The van der Waals surface area contributed by atoms with Crippen LogP contribution in [0.2, 0.25) is 0 Å². The molecular weight excluding hydrogens is 294 g/mol. The van der Waals surface area contributed by atoms with Gasteiger partial charge in [-0.25, -0.2) is 0 Å². The number of carbonyl (C=O) groups excluding carboxylic acids is 2. The topological polar surface area (TPSA) is 46.2 Å². The Morgan fingerprint density at radius 2 is 1.59 bits per heavy atom. The summed E-state index contributed by atoms with van der Waals surface area (Å²) in [5.74, 6) is 0.608. The lowest BCUT2D eigenvalue weighted by molar-refractivity contribution is -0.109. The molecule has 2 rings (SSSR count). The van der Waals surface area contributed by atoms with Crippen LogP contribution < -0.4 is 5.32 Å². The van der Waals surface area contributed by atoms with Crippen molar-refractivity contribution in [1.82, 2.24) is 5.32 Å². The maximum atomic E-state index is 11.9. The van der Waals surface area contributed by atoms with Crippen molar-refractivity contribution in [1.29, 1.82) is 0 Å². The minimum atomic E-state index is -0.434. The van der Waals surface area contributed by atoms with Crippen LogP contribution in [0.3, 0.4) is 0 Å². The van der Waals surface area contributed by atoms with Crippen LogP contribution in [-0.4, -0.2) is 17.6 Å². The van der Waals surface area contributed by atoms with Gasteiger partial charge in [0.15, 0.2) is 0 Å². The Balaban J connectivity index is 1.74. The first-order valence-corrected chi connectivity index (χ1v) is 8.23. The summed E-state index contributed by atoms with van der Waals surface area (Å²) < 4.78 is 0. The fourth-order valence-electron chi connectivity index (χ4n) is 2.06. The maximum Gasteiger partial charge on any atom is 0.279 e. The Labute approximate surface area is 135 Å². The number of hydrogen-bond acceptors (Lipinski definition) is 3. The highest BCUT2D eigenvalue weighted by atomic mass is 32.2. The Bertz CT molecular complexity index is 587. The molecule has 1 atom stereocenters. The average Bonchev–Trinajstić information content (AvgIpc) is 2.58. The molecule has 0 heterocycles. The molecule has 0 aliphatic heterocycles. The van der Waals surface area contributed by atoms with Crippen LogP contribution in [0.15, 0.2) is 60.7 Å². The lowest BCUT2D eigenvalue weighted by atomic mass is 10.1. The number of rotatable bonds is 7. The van der Waals surface area contributed by atoms with Gasteiger partial charge in [-0.2, -0.15) is 0 Å². The van der Waals surface area contributed by atoms with E-state index in [1.165, 1.54) is 17.3 Å². The first kappa shape index (κ1) is 16.3. The summed E-state index contributed by atoms with van der Waals surface area (Å²) in [4.78, 5) is 23.0. The molecule has 0 spiro atoms. The Morgan fingerprint density at radius 1 is 1.00 bits per heavy atom. The molecule has 3 nitrogen and oxygen atoms in total. The molecule has 1 amide bonds. The fraction of sp³-hybridized carbons (Fsp3) is 0.222. The van der Waals surface area contributed by atoms with E-state index in [-0.39, 0.29) is 5.24 Å². The molecule has 1 N–H and O–H groups in total. The van der Waals surface area contributed by atoms with Crippen molar-refractivity contribution < 1.29 is 9.59 Å². The minimum absolute atomic E-state index is 0.158. The van der Waals surface area contributed by atoms with Gasteiger partial charge in [-0.05, 0) is 24.0 Å². The molecule has 0 bridgehead atoms. The predicted molar refractivity (Wildman–Crippen MR) is 90.9 cm³/mol. The van der Waals surface area contributed by atoms with Crippen molar-refractivity contribution in [3.05, 3.63) is 71.8 Å². The van der Waals surface area contributed by atoms with Gasteiger partial charge in [-0.15, -0.1) is 0 Å². The lowest BCUT2D eigenvalue weighted by Crippen LogP contribution is -2.33. The van der Waals surface area contributed by atoms with Gasteiger partial charge in [-0.1, -0.05) is 72.4 Å². The summed E-state index contributed by atoms with van der Waals surface area (Å²) in [5, 5.41) is 2.60. The van der Waals surface area contributed by atoms with Crippen molar-refractivity contribution >= 4 is 23.3 Å². The fourth-order valence-corrected chi connectivity index (χ4v) is 2.78. The number of nitrogens with one attached hydrogen (secondary N) is 1. The van der Waals surface area contributed by atoms with Gasteiger partial charge >= 0.3 is 0 Å². The zero-order chi connectivity index (χ0) is 15.6. The minimum Gasteiger partial charge on any atom is -0.337 e. The third-order valence-corrected chi connectivity index (χ3v) is 4.12. The SMILES string of the molecule is O=CC(CCc1ccccc1)NC(=O)SCc1ccccc1. The molecule has 22 heavy (non-hydrogen) atoms. The highest BCUT2D eigenvalue weighted by molar-refractivity contribution is 8.12. The number of hydrogen-bond donors (Lipinski definition) is 1. The lowest BCUT2D eigenvalue weighted by Gasteiger charge is -2.12. The third kappa shape index (κ3) is 5.74. The van der Waals surface area contributed by atoms with Crippen molar-refractivity contribution in [3.63, 3.8) is 0 Å². The zero-order valence-electron chi connectivity index (χ0n) is 12.3. The number of aldehydes is 1. The van der Waals surface area contributed by atoms with E-state index in [0.717, 1.165) is 18.3 Å². The molecule has 0 aromatic heterocycles. The zero-order valence-corrected chi connectivity index (χ0v) is 13.1. The van der Waals surface area contributed by atoms with Gasteiger partial charge in [-0.3, -0.25) is 4.79 Å². The average molecular weight is 313 g/mol. The molecule has 1 unspecified atom stereocenters. The van der Waals surface area contributed by atoms with E-state index >= 15 is 0 Å². The van der Waals surface area contributed by atoms with Gasteiger partial charge < -0.3 is 10.1 Å². The molecule has 2 aromatic carbocycles. The smallest absolute Gasteiger partial charge is 0.279 e. The van der Waals surface area contributed by atoms with Crippen molar-refractivity contribution in [2.24, 2.45) is 0 Å². The Kier molecular flexibility index (Phi) is 6.71. The van der Waals surface area contributed by atoms with E-state index in [2.05, 4.69) is 5.32 Å². The first-order chi connectivity index (χ1) is 10.8. The second-order valence-electron chi connectivity index (χ2n) is 4.97. The summed E-state index contributed by atoms with van der Waals surface area (Å²) in [6.07, 6.45) is 2.20. The Morgan fingerprint density at radius 3 is 2.18 bits per heavy atom. The summed E-state index contributed by atoms with van der Waals surface area (Å²) in [5.41, 5.74) is 2.26. The molecule has 0 saturated carbocycles. The van der Waals surface area contributed by atoms with Crippen LogP contribution in [0.25, 0.3) is 0 Å². The van der Waals surface area contributed by atoms with Gasteiger partial charge in [0.2, 0.25) is 0 Å². The molecule has 0 saturated heterocycles. The van der Waals surface area contributed by atoms with Crippen LogP contribution in [0.4, 0.5) is 4.79 Å². The van der Waals surface area contributed by atoms with Gasteiger partial charge in [0.25, 0.3) is 5.24 Å². The second kappa shape index (κ2) is 9.05. The standard InChI is InChI=1S/C18H19NO2S/c20-13-17(12-11-15-7-3-1-4-8-15)19-18(21)22-14-16-9-5-2-6-10-16/h1-10,13,17H,11-12,14H2,(H,19,21). The van der Waals surface area contributed by atoms with E-state index in [9.17, 15) is 9.59 Å². The van der Waals surface area contributed by atoms with Gasteiger partial charge in [0.1, 0.15) is 6.29 Å². The monoisotopic (exact) mass is 313 g/mol. The largest absolute Gasteiger partial charge is 0.337 e. The molecule has 0 aliphatic rings. The second-order valence-corrected chi connectivity index (χ2v) is 5.92. The number of amides is 1. The highest BCUT2D eigenvalue weighted by Gasteiger charge is 2.12. The number of carbonyl (C=O) groups is 2. The normalized spacial score (nSPS) is 11.6. The highest BCUT2D eigenvalue weighted by Crippen LogP contribution is 2.13. The van der Waals surface area contributed by atoms with Gasteiger partial charge in [0, 0.05) is 5.75 Å². The predicted octanol–water partition coefficient (Wildman–Crippen LogP) is 3.83. The van der Waals surface area contributed by atoms with E-state index in [1.807, 2.05) is 60.7 Å². The van der Waals surface area contributed by atoms with E-state index < -0.39 is 6.04 Å². The van der Waals surface area contributed by atoms with Gasteiger partial charge in [0.05, 0.1) is 6.04 Å². The van der Waals surface area contributed by atoms with E-state index in [4.69, 9.17) is 0 Å². The van der Waals surface area contributed by atoms with Crippen molar-refractivity contribution in [2.45, 2.75) is 24.6 Å². The van der Waals surface area contributed by atoms with Crippen molar-refractivity contribution in [3.8, 4) is 0 Å². The molecule has 0 aliphatic carbocycles. The molecular formula is C18H19NO2S. The van der Waals surface area contributed by atoms with Crippen LogP contribution >= 0.6 is 11.8 Å². The van der Waals surface area contributed by atoms with Crippen LogP contribution in [0, 0.1) is 0 Å². The third-order valence-electron chi connectivity index (χ3n) is 3.27. The van der Waals surface area contributed by atoms with Crippen LogP contribution in [-0.2, 0) is 17.0 Å². The molecule has 0 fully saturated rings. The molecule has 2 aromatic rings. The number of benzene rings is 2. The van der Waals surface area contributed by atoms with Crippen LogP contribution in [0.1, 0.15) is 17.5 Å². The Hall–Kier alpha value is -2.07. The maximum absolute atomic E-state index is 11.9. The molecule has 4 heteroatoms.